The second-order valence-corrected chi connectivity index (χ2v) is 4.44. The highest BCUT2D eigenvalue weighted by molar-refractivity contribution is 5.87. The lowest BCUT2D eigenvalue weighted by Gasteiger charge is -2.07. The third-order valence-corrected chi connectivity index (χ3v) is 2.80. The Balaban J connectivity index is 3.38. The maximum atomic E-state index is 11.3. The predicted octanol–water partition coefficient (Wildman–Crippen LogP) is 2.04. The largest absolute Gasteiger partial charge is 0.460 e. The lowest BCUT2D eigenvalue weighted by atomic mass is 10.3. The Bertz CT molecular complexity index is 359. The van der Waals surface area contributed by atoms with E-state index < -0.39 is 0 Å². The molecule has 6 nitrogen and oxygen atoms in total. The third-order valence-electron chi connectivity index (χ3n) is 2.80. The molecule has 0 amide bonds. The average Bonchev–Trinajstić information content (AvgIpc) is 2.54. The molecule has 0 spiro atoms. The first-order valence-corrected chi connectivity index (χ1v) is 7.28. The third kappa shape index (κ3) is 10.1. The van der Waals surface area contributed by atoms with E-state index in [1.165, 1.54) is 0 Å². The normalized spacial score (nSPS) is 12.2. The minimum absolute atomic E-state index is 0.213. The van der Waals surface area contributed by atoms with Crippen LogP contribution in [-0.2, 0) is 28.5 Å². The molecule has 0 aliphatic carbocycles. The van der Waals surface area contributed by atoms with Crippen molar-refractivity contribution in [1.82, 2.24) is 0 Å². The minimum Gasteiger partial charge on any atom is -0.460 e. The van der Waals surface area contributed by atoms with Crippen LogP contribution in [0.2, 0.25) is 0 Å². The summed E-state index contributed by atoms with van der Waals surface area (Å²) in [6.07, 6.45) is 3.39. The Kier molecular flexibility index (Phi) is 12.1. The van der Waals surface area contributed by atoms with Gasteiger partial charge in [-0.1, -0.05) is 12.2 Å². The van der Waals surface area contributed by atoms with Crippen molar-refractivity contribution in [2.75, 3.05) is 39.6 Å². The van der Waals surface area contributed by atoms with E-state index >= 15 is 0 Å². The Labute approximate surface area is 132 Å². The molecule has 0 aromatic heterocycles. The molecule has 0 saturated carbocycles. The van der Waals surface area contributed by atoms with Crippen LogP contribution in [0.5, 0.6) is 0 Å². The number of rotatable bonds is 11. The fraction of sp³-hybridized carbons (Fsp3) is 0.625. The molecule has 0 aliphatic heterocycles. The van der Waals surface area contributed by atoms with Gasteiger partial charge in [0.1, 0.15) is 13.2 Å². The molecule has 0 heterocycles. The van der Waals surface area contributed by atoms with Gasteiger partial charge in [0.15, 0.2) is 0 Å². The molecule has 0 unspecified atom stereocenters. The van der Waals surface area contributed by atoms with E-state index in [1.807, 2.05) is 0 Å². The molecule has 0 bridgehead atoms. The molecular weight excluding hydrogens is 288 g/mol. The summed E-state index contributed by atoms with van der Waals surface area (Å²) in [4.78, 5) is 22.6. The van der Waals surface area contributed by atoms with Gasteiger partial charge >= 0.3 is 11.9 Å². The van der Waals surface area contributed by atoms with Crippen molar-refractivity contribution in [3.05, 3.63) is 23.3 Å². The zero-order valence-electron chi connectivity index (χ0n) is 13.8. The van der Waals surface area contributed by atoms with E-state index in [1.54, 1.807) is 39.8 Å². The summed E-state index contributed by atoms with van der Waals surface area (Å²) >= 11 is 0. The molecule has 0 rings (SSSR count). The lowest BCUT2D eigenvalue weighted by Crippen LogP contribution is -2.15. The van der Waals surface area contributed by atoms with Crippen molar-refractivity contribution >= 4 is 11.9 Å². The van der Waals surface area contributed by atoms with Gasteiger partial charge in [0.25, 0.3) is 0 Å². The van der Waals surface area contributed by atoms with Crippen LogP contribution in [0.15, 0.2) is 23.3 Å². The van der Waals surface area contributed by atoms with Crippen molar-refractivity contribution < 1.29 is 28.5 Å². The molecule has 0 aromatic carbocycles. The Morgan fingerprint density at radius 2 is 1.00 bits per heavy atom. The summed E-state index contributed by atoms with van der Waals surface area (Å²) in [5.74, 6) is -0.666. The van der Waals surface area contributed by atoms with Gasteiger partial charge in [0, 0.05) is 11.1 Å². The lowest BCUT2D eigenvalue weighted by molar-refractivity contribution is -0.142. The molecule has 126 valence electrons. The van der Waals surface area contributed by atoms with Crippen LogP contribution in [0.3, 0.4) is 0 Å². The average molecular weight is 314 g/mol. The zero-order valence-corrected chi connectivity index (χ0v) is 13.8. The molecular formula is C16H26O6. The molecule has 0 aromatic rings. The summed E-state index contributed by atoms with van der Waals surface area (Å²) in [5, 5.41) is 0. The number of hydrogen-bond donors (Lipinski definition) is 0. The first-order chi connectivity index (χ1) is 10.5. The predicted molar refractivity (Wildman–Crippen MR) is 82.4 cm³/mol. The number of ether oxygens (including phenoxy) is 4. The number of hydrogen-bond acceptors (Lipinski definition) is 6. The molecule has 0 atom stereocenters. The van der Waals surface area contributed by atoms with E-state index in [4.69, 9.17) is 18.9 Å². The SMILES string of the molecule is CC=C(C)C(=O)OCCOCCOCCOC(=O)C(C)=CC. The first kappa shape index (κ1) is 20.3. The highest BCUT2D eigenvalue weighted by Crippen LogP contribution is 1.96. The van der Waals surface area contributed by atoms with Gasteiger partial charge in [-0.05, 0) is 27.7 Å². The number of carbonyl (C=O) groups excluding carboxylic acids is 2. The van der Waals surface area contributed by atoms with Gasteiger partial charge in [-0.15, -0.1) is 0 Å². The summed E-state index contributed by atoms with van der Waals surface area (Å²) in [6.45, 7) is 8.80. The van der Waals surface area contributed by atoms with Gasteiger partial charge in [0.2, 0.25) is 0 Å². The Hall–Kier alpha value is -1.66. The topological polar surface area (TPSA) is 71.1 Å². The molecule has 6 heteroatoms. The van der Waals surface area contributed by atoms with Crippen LogP contribution in [0, 0.1) is 0 Å². The van der Waals surface area contributed by atoms with Gasteiger partial charge < -0.3 is 18.9 Å². The van der Waals surface area contributed by atoms with E-state index in [-0.39, 0.29) is 25.2 Å². The Morgan fingerprint density at radius 3 is 1.32 bits per heavy atom. The second kappa shape index (κ2) is 13.0. The quantitative estimate of drug-likeness (QED) is 0.330. The Morgan fingerprint density at radius 1 is 0.682 bits per heavy atom. The smallest absolute Gasteiger partial charge is 0.333 e. The van der Waals surface area contributed by atoms with Crippen LogP contribution in [0.4, 0.5) is 0 Å². The second-order valence-electron chi connectivity index (χ2n) is 4.44. The maximum absolute atomic E-state index is 11.3. The van der Waals surface area contributed by atoms with Crippen LogP contribution in [-0.4, -0.2) is 51.6 Å². The van der Waals surface area contributed by atoms with E-state index in [0.717, 1.165) is 0 Å². The van der Waals surface area contributed by atoms with Crippen LogP contribution < -0.4 is 0 Å². The fourth-order valence-corrected chi connectivity index (χ4v) is 1.17. The minimum atomic E-state index is -0.333. The highest BCUT2D eigenvalue weighted by atomic mass is 16.6. The monoisotopic (exact) mass is 314 g/mol. The number of carbonyl (C=O) groups is 2. The van der Waals surface area contributed by atoms with Crippen molar-refractivity contribution in [1.29, 1.82) is 0 Å². The fourth-order valence-electron chi connectivity index (χ4n) is 1.17. The first-order valence-electron chi connectivity index (χ1n) is 7.28. The van der Waals surface area contributed by atoms with E-state index in [2.05, 4.69) is 0 Å². The van der Waals surface area contributed by atoms with Crippen LogP contribution >= 0.6 is 0 Å². The number of allylic oxidation sites excluding steroid dienone is 2. The molecule has 0 aliphatic rings. The van der Waals surface area contributed by atoms with E-state index in [9.17, 15) is 9.59 Å². The molecule has 22 heavy (non-hydrogen) atoms. The van der Waals surface area contributed by atoms with Crippen molar-refractivity contribution in [2.45, 2.75) is 27.7 Å². The van der Waals surface area contributed by atoms with Crippen LogP contribution in [0.25, 0.3) is 0 Å². The van der Waals surface area contributed by atoms with Gasteiger partial charge in [-0.2, -0.15) is 0 Å². The maximum Gasteiger partial charge on any atom is 0.333 e. The summed E-state index contributed by atoms with van der Waals surface area (Å²) < 4.78 is 20.4. The zero-order chi connectivity index (χ0) is 16.8. The van der Waals surface area contributed by atoms with E-state index in [0.29, 0.717) is 37.6 Å². The van der Waals surface area contributed by atoms with Crippen molar-refractivity contribution in [3.63, 3.8) is 0 Å². The summed E-state index contributed by atoms with van der Waals surface area (Å²) in [7, 11) is 0. The van der Waals surface area contributed by atoms with Crippen molar-refractivity contribution in [3.8, 4) is 0 Å². The van der Waals surface area contributed by atoms with Crippen molar-refractivity contribution in [2.24, 2.45) is 0 Å². The molecule has 0 radical (unpaired) electrons. The van der Waals surface area contributed by atoms with Gasteiger partial charge in [-0.25, -0.2) is 9.59 Å². The van der Waals surface area contributed by atoms with Gasteiger partial charge in [0.05, 0.1) is 26.4 Å². The molecule has 0 N–H and O–H groups in total. The standard InChI is InChI=1S/C16H26O6/c1-5-13(3)15(17)21-11-9-19-7-8-20-10-12-22-16(18)14(4)6-2/h5-6H,7-12H2,1-4H3. The van der Waals surface area contributed by atoms with Gasteiger partial charge in [-0.3, -0.25) is 0 Å². The summed E-state index contributed by atoms with van der Waals surface area (Å²) in [6, 6.07) is 0. The molecule has 0 saturated heterocycles. The molecule has 0 fully saturated rings. The van der Waals surface area contributed by atoms with Crippen LogP contribution in [0.1, 0.15) is 27.7 Å². The summed E-state index contributed by atoms with van der Waals surface area (Å²) in [5.41, 5.74) is 1.15. The highest BCUT2D eigenvalue weighted by Gasteiger charge is 2.04. The number of esters is 2.